The molecule has 1 N–H and O–H groups in total. The first kappa shape index (κ1) is 17.9. The van der Waals surface area contributed by atoms with E-state index in [9.17, 15) is 14.4 Å². The Bertz CT molecular complexity index is 808. The Morgan fingerprint density at radius 2 is 1.58 bits per heavy atom. The van der Waals surface area contributed by atoms with Crippen molar-refractivity contribution in [2.75, 3.05) is 6.54 Å². The summed E-state index contributed by atoms with van der Waals surface area (Å²) in [6, 6.07) is 14.7. The molecule has 3 rings (SSSR count). The van der Waals surface area contributed by atoms with Crippen molar-refractivity contribution in [3.8, 4) is 0 Å². The number of benzene rings is 2. The summed E-state index contributed by atoms with van der Waals surface area (Å²) >= 11 is 0. The number of rotatable bonds is 6. The number of amides is 3. The molecular weight excluding hydrogens is 328 g/mol. The molecule has 1 atom stereocenters. The number of imide groups is 1. The van der Waals surface area contributed by atoms with E-state index in [2.05, 4.69) is 5.32 Å². The fourth-order valence-corrected chi connectivity index (χ4v) is 3.09. The highest BCUT2D eigenvalue weighted by atomic mass is 16.2. The summed E-state index contributed by atoms with van der Waals surface area (Å²) in [6.07, 6.45) is 0.710. The monoisotopic (exact) mass is 350 g/mol. The molecule has 1 aliphatic heterocycles. The molecule has 0 radical (unpaired) electrons. The van der Waals surface area contributed by atoms with Crippen molar-refractivity contribution in [3.63, 3.8) is 0 Å². The summed E-state index contributed by atoms with van der Waals surface area (Å²) < 4.78 is 0. The zero-order valence-electron chi connectivity index (χ0n) is 15.0. The number of fused-ring (bicyclic) bond motifs is 1. The van der Waals surface area contributed by atoms with E-state index in [0.29, 0.717) is 17.5 Å². The Hall–Kier alpha value is -2.95. The summed E-state index contributed by atoms with van der Waals surface area (Å²) in [5.41, 5.74) is 3.10. The number of aryl methyl sites for hydroxylation is 1. The number of hydrogen-bond donors (Lipinski definition) is 1. The second kappa shape index (κ2) is 7.52. The smallest absolute Gasteiger partial charge is 0.261 e. The van der Waals surface area contributed by atoms with Crippen molar-refractivity contribution in [1.82, 2.24) is 10.2 Å². The van der Waals surface area contributed by atoms with Crippen LogP contribution in [0.2, 0.25) is 0 Å². The Morgan fingerprint density at radius 3 is 2.15 bits per heavy atom. The van der Waals surface area contributed by atoms with Gasteiger partial charge in [-0.1, -0.05) is 42.0 Å². The molecule has 2 aromatic carbocycles. The number of hydrogen-bond acceptors (Lipinski definition) is 3. The molecule has 1 heterocycles. The molecule has 3 amide bonds. The maximum Gasteiger partial charge on any atom is 0.261 e. The second-order valence-corrected chi connectivity index (χ2v) is 6.61. The Morgan fingerprint density at radius 1 is 1.00 bits per heavy atom. The summed E-state index contributed by atoms with van der Waals surface area (Å²) in [5, 5.41) is 2.95. The SMILES string of the molecule is Cc1ccc(C(C)NC(=O)CCCN2C(=O)c3ccccc3C2=O)cc1. The van der Waals surface area contributed by atoms with Gasteiger partial charge in [-0.2, -0.15) is 0 Å². The molecule has 1 unspecified atom stereocenters. The van der Waals surface area contributed by atoms with Crippen molar-refractivity contribution in [1.29, 1.82) is 0 Å². The van der Waals surface area contributed by atoms with Crippen LogP contribution < -0.4 is 5.32 Å². The van der Waals surface area contributed by atoms with Gasteiger partial charge in [0.25, 0.3) is 11.8 Å². The largest absolute Gasteiger partial charge is 0.350 e. The van der Waals surface area contributed by atoms with Gasteiger partial charge in [-0.15, -0.1) is 0 Å². The highest BCUT2D eigenvalue weighted by molar-refractivity contribution is 6.21. The van der Waals surface area contributed by atoms with Crippen molar-refractivity contribution < 1.29 is 14.4 Å². The molecule has 1 aliphatic rings. The van der Waals surface area contributed by atoms with Gasteiger partial charge in [0.05, 0.1) is 17.2 Å². The maximum absolute atomic E-state index is 12.3. The van der Waals surface area contributed by atoms with Crippen molar-refractivity contribution in [2.24, 2.45) is 0 Å². The number of nitrogens with zero attached hydrogens (tertiary/aromatic N) is 1. The lowest BCUT2D eigenvalue weighted by Gasteiger charge is -2.16. The summed E-state index contributed by atoms with van der Waals surface area (Å²) in [4.78, 5) is 37.9. The van der Waals surface area contributed by atoms with E-state index in [1.165, 1.54) is 10.5 Å². The van der Waals surface area contributed by atoms with Crippen LogP contribution >= 0.6 is 0 Å². The van der Waals surface area contributed by atoms with Crippen molar-refractivity contribution in [2.45, 2.75) is 32.7 Å². The van der Waals surface area contributed by atoms with E-state index in [1.807, 2.05) is 38.1 Å². The lowest BCUT2D eigenvalue weighted by molar-refractivity contribution is -0.121. The van der Waals surface area contributed by atoms with Gasteiger partial charge in [0, 0.05) is 13.0 Å². The fourth-order valence-electron chi connectivity index (χ4n) is 3.09. The van der Waals surface area contributed by atoms with E-state index in [4.69, 9.17) is 0 Å². The lowest BCUT2D eigenvalue weighted by Crippen LogP contribution is -2.32. The molecule has 0 fully saturated rings. The minimum Gasteiger partial charge on any atom is -0.350 e. The van der Waals surface area contributed by atoms with Gasteiger partial charge in [0.2, 0.25) is 5.91 Å². The predicted molar refractivity (Wildman–Crippen MR) is 98.8 cm³/mol. The highest BCUT2D eigenvalue weighted by Gasteiger charge is 2.34. The third kappa shape index (κ3) is 3.67. The highest BCUT2D eigenvalue weighted by Crippen LogP contribution is 2.22. The molecule has 0 saturated carbocycles. The van der Waals surface area contributed by atoms with E-state index in [0.717, 1.165) is 5.56 Å². The zero-order chi connectivity index (χ0) is 18.7. The lowest BCUT2D eigenvalue weighted by atomic mass is 10.1. The Kier molecular flexibility index (Phi) is 5.16. The van der Waals surface area contributed by atoms with Crippen LogP contribution in [-0.2, 0) is 4.79 Å². The van der Waals surface area contributed by atoms with Gasteiger partial charge in [0.1, 0.15) is 0 Å². The van der Waals surface area contributed by atoms with E-state index in [1.54, 1.807) is 24.3 Å². The van der Waals surface area contributed by atoms with Crippen LogP contribution in [0.4, 0.5) is 0 Å². The topological polar surface area (TPSA) is 66.5 Å². The zero-order valence-corrected chi connectivity index (χ0v) is 15.0. The second-order valence-electron chi connectivity index (χ2n) is 6.61. The Balaban J connectivity index is 1.49. The normalized spacial score (nSPS) is 14.3. The molecule has 26 heavy (non-hydrogen) atoms. The van der Waals surface area contributed by atoms with Gasteiger partial charge < -0.3 is 5.32 Å². The molecule has 5 nitrogen and oxygen atoms in total. The van der Waals surface area contributed by atoms with Crippen LogP contribution in [0.15, 0.2) is 48.5 Å². The average Bonchev–Trinajstić information content (AvgIpc) is 2.87. The molecule has 0 bridgehead atoms. The summed E-state index contributed by atoms with van der Waals surface area (Å²) in [7, 11) is 0. The van der Waals surface area contributed by atoms with Gasteiger partial charge in [-0.05, 0) is 38.0 Å². The average molecular weight is 350 g/mol. The first-order valence-corrected chi connectivity index (χ1v) is 8.78. The molecular formula is C21H22N2O3. The summed E-state index contributed by atoms with van der Waals surface area (Å²) in [5.74, 6) is -0.646. The van der Waals surface area contributed by atoms with E-state index in [-0.39, 0.29) is 36.7 Å². The van der Waals surface area contributed by atoms with Gasteiger partial charge in [0.15, 0.2) is 0 Å². The predicted octanol–water partition coefficient (Wildman–Crippen LogP) is 3.25. The number of carbonyl (C=O) groups excluding carboxylic acids is 3. The van der Waals surface area contributed by atoms with Crippen LogP contribution in [-0.4, -0.2) is 29.2 Å². The van der Waals surface area contributed by atoms with Gasteiger partial charge in [-0.3, -0.25) is 19.3 Å². The van der Waals surface area contributed by atoms with Crippen LogP contribution in [0.1, 0.15) is 57.7 Å². The molecule has 5 heteroatoms. The molecule has 0 aromatic heterocycles. The maximum atomic E-state index is 12.3. The van der Waals surface area contributed by atoms with Gasteiger partial charge >= 0.3 is 0 Å². The molecule has 134 valence electrons. The quantitative estimate of drug-likeness (QED) is 0.813. The molecule has 0 aliphatic carbocycles. The number of nitrogens with one attached hydrogen (secondary N) is 1. The van der Waals surface area contributed by atoms with Gasteiger partial charge in [-0.25, -0.2) is 0 Å². The molecule has 0 saturated heterocycles. The standard InChI is InChI=1S/C21H22N2O3/c1-14-9-11-16(12-10-14)15(2)22-19(24)8-5-13-23-20(25)17-6-3-4-7-18(17)21(23)26/h3-4,6-7,9-12,15H,5,8,13H2,1-2H3,(H,22,24). The van der Waals surface area contributed by atoms with Crippen LogP contribution in [0.3, 0.4) is 0 Å². The third-order valence-corrected chi connectivity index (χ3v) is 4.62. The first-order valence-electron chi connectivity index (χ1n) is 8.78. The minimum atomic E-state index is -0.279. The third-order valence-electron chi connectivity index (χ3n) is 4.62. The minimum absolute atomic E-state index is 0.0811. The van der Waals surface area contributed by atoms with Crippen molar-refractivity contribution in [3.05, 3.63) is 70.8 Å². The molecule has 0 spiro atoms. The van der Waals surface area contributed by atoms with Crippen LogP contribution in [0.5, 0.6) is 0 Å². The first-order chi connectivity index (χ1) is 12.5. The van der Waals surface area contributed by atoms with E-state index >= 15 is 0 Å². The van der Waals surface area contributed by atoms with E-state index < -0.39 is 0 Å². The Labute approximate surface area is 153 Å². The number of carbonyl (C=O) groups is 3. The summed E-state index contributed by atoms with van der Waals surface area (Å²) in [6.45, 7) is 4.21. The van der Waals surface area contributed by atoms with Crippen molar-refractivity contribution >= 4 is 17.7 Å². The van der Waals surface area contributed by atoms with Crippen LogP contribution in [0, 0.1) is 6.92 Å². The molecule has 2 aromatic rings. The van der Waals surface area contributed by atoms with Crippen LogP contribution in [0.25, 0.3) is 0 Å². The fraction of sp³-hybridized carbons (Fsp3) is 0.286.